The van der Waals surface area contributed by atoms with Gasteiger partial charge in [-0.05, 0) is 80.1 Å². The molecule has 2 heteroatoms. The number of ether oxygens (including phenoxy) is 1. The molecule has 2 aliphatic rings. The van der Waals surface area contributed by atoms with E-state index in [2.05, 4.69) is 32.1 Å². The Kier molecular flexibility index (Phi) is 13.0. The molecule has 0 aliphatic heterocycles. The molecule has 0 spiro atoms. The van der Waals surface area contributed by atoms with E-state index < -0.39 is 0 Å². The van der Waals surface area contributed by atoms with Crippen molar-refractivity contribution in [2.24, 2.45) is 11.8 Å². The topological polar surface area (TPSA) is 26.3 Å². The van der Waals surface area contributed by atoms with Crippen molar-refractivity contribution >= 4 is 11.5 Å². The largest absolute Gasteiger partial charge is 0.459 e. The van der Waals surface area contributed by atoms with Crippen LogP contribution in [0.1, 0.15) is 152 Å². The van der Waals surface area contributed by atoms with E-state index in [9.17, 15) is 4.79 Å². The van der Waals surface area contributed by atoms with Gasteiger partial charge in [0.1, 0.15) is 6.10 Å². The van der Waals surface area contributed by atoms with Gasteiger partial charge in [-0.3, -0.25) is 0 Å². The summed E-state index contributed by atoms with van der Waals surface area (Å²) in [5, 5.41) is 0. The van der Waals surface area contributed by atoms with Crippen molar-refractivity contribution in [1.82, 2.24) is 0 Å². The fraction of sp³-hybridized carbons (Fsp3) is 0.727. The fourth-order valence-electron chi connectivity index (χ4n) is 6.06. The summed E-state index contributed by atoms with van der Waals surface area (Å²) in [6, 6.07) is 8.20. The number of hydrogen-bond donors (Lipinski definition) is 0. The predicted molar refractivity (Wildman–Crippen MR) is 150 cm³/mol. The van der Waals surface area contributed by atoms with E-state index in [1.165, 1.54) is 120 Å². The zero-order valence-electron chi connectivity index (χ0n) is 22.9. The van der Waals surface area contributed by atoms with Gasteiger partial charge in [0.05, 0.1) is 5.56 Å². The molecule has 0 heterocycles. The van der Waals surface area contributed by atoms with E-state index in [4.69, 9.17) is 4.74 Å². The minimum absolute atomic E-state index is 0.110. The van der Waals surface area contributed by atoms with Crippen molar-refractivity contribution < 1.29 is 9.53 Å². The smallest absolute Gasteiger partial charge is 0.338 e. The minimum atomic E-state index is -0.139. The van der Waals surface area contributed by atoms with Crippen LogP contribution in [0.5, 0.6) is 0 Å². The summed E-state index contributed by atoms with van der Waals surface area (Å²) in [6.45, 7) is 4.56. The number of rotatable bonds is 15. The molecular formula is C33H52O2. The van der Waals surface area contributed by atoms with Crippen LogP contribution < -0.4 is 0 Å². The van der Waals surface area contributed by atoms with Crippen LogP contribution in [-0.4, -0.2) is 12.1 Å². The number of benzene rings is 1. The van der Waals surface area contributed by atoms with Crippen molar-refractivity contribution in [1.29, 1.82) is 0 Å². The Morgan fingerprint density at radius 3 is 1.91 bits per heavy atom. The lowest BCUT2D eigenvalue weighted by Crippen LogP contribution is -2.24. The van der Waals surface area contributed by atoms with Crippen LogP contribution in [0.15, 0.2) is 30.3 Å². The second kappa shape index (κ2) is 16.2. The summed E-state index contributed by atoms with van der Waals surface area (Å²) in [5.41, 5.74) is 3.44. The Balaban J connectivity index is 1.35. The molecule has 1 atom stereocenters. The minimum Gasteiger partial charge on any atom is -0.459 e. The van der Waals surface area contributed by atoms with Crippen molar-refractivity contribution in [3.8, 4) is 0 Å². The summed E-state index contributed by atoms with van der Waals surface area (Å²) in [5.74, 6) is 1.57. The molecule has 2 nitrogen and oxygen atoms in total. The van der Waals surface area contributed by atoms with Gasteiger partial charge in [-0.25, -0.2) is 4.79 Å². The molecule has 1 saturated carbocycles. The van der Waals surface area contributed by atoms with Crippen molar-refractivity contribution in [3.05, 3.63) is 41.5 Å². The molecule has 1 fully saturated rings. The maximum Gasteiger partial charge on any atom is 0.338 e. The van der Waals surface area contributed by atoms with Gasteiger partial charge in [0.25, 0.3) is 0 Å². The molecule has 0 amide bonds. The lowest BCUT2D eigenvalue weighted by molar-refractivity contribution is 0.0161. The van der Waals surface area contributed by atoms with Gasteiger partial charge in [-0.2, -0.15) is 0 Å². The zero-order valence-corrected chi connectivity index (χ0v) is 22.9. The highest BCUT2D eigenvalue weighted by atomic mass is 16.5. The highest BCUT2D eigenvalue weighted by Gasteiger charge is 2.24. The zero-order chi connectivity index (χ0) is 24.7. The molecule has 3 rings (SSSR count). The molecule has 0 aromatic heterocycles. The van der Waals surface area contributed by atoms with Crippen LogP contribution in [0.2, 0.25) is 0 Å². The Bertz CT molecular complexity index is 739. The predicted octanol–water partition coefficient (Wildman–Crippen LogP) is 10.3. The van der Waals surface area contributed by atoms with Crippen molar-refractivity contribution in [2.45, 2.75) is 142 Å². The van der Waals surface area contributed by atoms with E-state index >= 15 is 0 Å². The van der Waals surface area contributed by atoms with E-state index in [0.29, 0.717) is 5.56 Å². The number of allylic oxidation sites excluding steroid dienone is 2. The summed E-state index contributed by atoms with van der Waals surface area (Å²) in [7, 11) is 0. The van der Waals surface area contributed by atoms with E-state index in [1.54, 1.807) is 0 Å². The Morgan fingerprint density at radius 2 is 1.34 bits per heavy atom. The first kappa shape index (κ1) is 28.0. The van der Waals surface area contributed by atoms with Gasteiger partial charge in [0, 0.05) is 0 Å². The van der Waals surface area contributed by atoms with E-state index in [0.717, 1.165) is 24.7 Å². The number of carbonyl (C=O) groups is 1. The Morgan fingerprint density at radius 1 is 0.743 bits per heavy atom. The average molecular weight is 481 g/mol. The molecule has 0 saturated heterocycles. The van der Waals surface area contributed by atoms with Crippen molar-refractivity contribution in [2.75, 3.05) is 0 Å². The lowest BCUT2D eigenvalue weighted by Gasteiger charge is -2.28. The van der Waals surface area contributed by atoms with E-state index in [-0.39, 0.29) is 12.1 Å². The van der Waals surface area contributed by atoms with Gasteiger partial charge in [0.15, 0.2) is 0 Å². The molecule has 0 N–H and O–H groups in total. The second-order valence-corrected chi connectivity index (χ2v) is 11.4. The van der Waals surface area contributed by atoms with Gasteiger partial charge < -0.3 is 4.74 Å². The third-order valence-electron chi connectivity index (χ3n) is 8.51. The molecule has 196 valence electrons. The molecule has 35 heavy (non-hydrogen) atoms. The summed E-state index contributed by atoms with van der Waals surface area (Å²) < 4.78 is 5.89. The third kappa shape index (κ3) is 10.1. The highest BCUT2D eigenvalue weighted by molar-refractivity contribution is 5.90. The van der Waals surface area contributed by atoms with Crippen LogP contribution >= 0.6 is 0 Å². The van der Waals surface area contributed by atoms with Crippen molar-refractivity contribution in [3.63, 3.8) is 0 Å². The third-order valence-corrected chi connectivity index (χ3v) is 8.51. The molecule has 1 aromatic carbocycles. The summed E-state index contributed by atoms with van der Waals surface area (Å²) >= 11 is 0. The number of esters is 1. The quantitative estimate of drug-likeness (QED) is 0.184. The monoisotopic (exact) mass is 480 g/mol. The lowest BCUT2D eigenvalue weighted by atomic mass is 9.83. The maximum absolute atomic E-state index is 12.7. The molecule has 0 bridgehead atoms. The molecular weight excluding hydrogens is 428 g/mol. The van der Waals surface area contributed by atoms with Crippen LogP contribution in [0.25, 0.3) is 5.57 Å². The normalized spacial score (nSPS) is 22.6. The van der Waals surface area contributed by atoms with Gasteiger partial charge in [0.2, 0.25) is 0 Å². The summed E-state index contributed by atoms with van der Waals surface area (Å²) in [6.07, 6.45) is 27.3. The molecule has 1 unspecified atom stereocenters. The van der Waals surface area contributed by atoms with Crippen LogP contribution in [0, 0.1) is 11.8 Å². The Labute approximate surface area is 216 Å². The first-order chi connectivity index (χ1) is 17.2. The Hall–Kier alpha value is -1.57. The highest BCUT2D eigenvalue weighted by Crippen LogP contribution is 2.34. The number of hydrogen-bond acceptors (Lipinski definition) is 2. The van der Waals surface area contributed by atoms with Gasteiger partial charge >= 0.3 is 5.97 Å². The maximum atomic E-state index is 12.7. The van der Waals surface area contributed by atoms with E-state index in [1.807, 2.05) is 12.1 Å². The van der Waals surface area contributed by atoms with Crippen LogP contribution in [-0.2, 0) is 4.74 Å². The number of carbonyl (C=O) groups excluding carboxylic acids is 1. The first-order valence-electron chi connectivity index (χ1n) is 15.2. The van der Waals surface area contributed by atoms with Gasteiger partial charge in [-0.15, -0.1) is 0 Å². The second-order valence-electron chi connectivity index (χ2n) is 11.4. The number of unbranched alkanes of at least 4 members (excludes halogenated alkanes) is 8. The first-order valence-corrected chi connectivity index (χ1v) is 15.2. The average Bonchev–Trinajstić information content (AvgIpc) is 2.90. The molecule has 2 aliphatic carbocycles. The SMILES string of the molecule is CCCCCCCC1CC=C(c2ccc(C(=O)O[C@H]3CC[C@H](CCCCCCC)CC3)cc2)CC1. The summed E-state index contributed by atoms with van der Waals surface area (Å²) in [4.78, 5) is 12.7. The van der Waals surface area contributed by atoms with Gasteiger partial charge in [-0.1, -0.05) is 109 Å². The standard InChI is InChI=1S/C33H52O2/c1-3-5-7-9-11-13-27-15-19-29(20-16-27)30-21-23-31(24-22-30)33(34)35-32-25-17-28(18-26-32)14-12-10-8-6-4-2/h19,21-24,27-28,32H,3-18,20,25-26H2,1-2H3/t27?,28-,32-. The molecule has 0 radical (unpaired) electrons. The van der Waals surface area contributed by atoms with Crippen LogP contribution in [0.4, 0.5) is 0 Å². The van der Waals surface area contributed by atoms with Crippen LogP contribution in [0.3, 0.4) is 0 Å². The fourth-order valence-corrected chi connectivity index (χ4v) is 6.06. The molecule has 1 aromatic rings.